The number of phenolic OH excluding ortho intramolecular Hbond substituents is 1. The molecule has 2 N–H and O–H groups in total. The van der Waals surface area contributed by atoms with E-state index in [-0.39, 0.29) is 23.8 Å². The maximum absolute atomic E-state index is 13.4. The lowest BCUT2D eigenvalue weighted by Gasteiger charge is -2.27. The molecule has 1 aliphatic rings. The van der Waals surface area contributed by atoms with E-state index in [2.05, 4.69) is 10.2 Å². The second-order valence-corrected chi connectivity index (χ2v) is 8.79. The Labute approximate surface area is 194 Å². The van der Waals surface area contributed by atoms with Gasteiger partial charge >= 0.3 is 0 Å². The molecule has 7 heteroatoms. The first-order valence-corrected chi connectivity index (χ1v) is 11.3. The maximum atomic E-state index is 13.4. The Morgan fingerprint density at radius 1 is 1.21 bits per heavy atom. The summed E-state index contributed by atoms with van der Waals surface area (Å²) in [4.78, 5) is 15.3. The normalized spacial score (nSPS) is 15.4. The molecule has 7 nitrogen and oxygen atoms in total. The average Bonchev–Trinajstić information content (AvgIpc) is 3.32. The van der Waals surface area contributed by atoms with E-state index in [0.717, 1.165) is 28.0 Å². The SMILES string of the molecule is COc1cccc(C2c3c(-c4cc(C)cc(C)c4O)n[nH]c3C(=O)N2CCCOC(C)C)c1. The summed E-state index contributed by atoms with van der Waals surface area (Å²) in [7, 11) is 1.63. The lowest BCUT2D eigenvalue weighted by Crippen LogP contribution is -2.31. The molecule has 0 fully saturated rings. The molecule has 4 rings (SSSR count). The van der Waals surface area contributed by atoms with Crippen LogP contribution in [0.5, 0.6) is 11.5 Å². The predicted molar refractivity (Wildman–Crippen MR) is 127 cm³/mol. The maximum Gasteiger partial charge on any atom is 0.273 e. The molecule has 0 bridgehead atoms. The third-order valence-corrected chi connectivity index (χ3v) is 5.97. The number of ether oxygens (including phenoxy) is 2. The number of carbonyl (C=O) groups excluding carboxylic acids is 1. The fourth-order valence-corrected chi connectivity index (χ4v) is 4.49. The summed E-state index contributed by atoms with van der Waals surface area (Å²) in [5.41, 5.74) is 5.16. The van der Waals surface area contributed by atoms with Gasteiger partial charge in [0.1, 0.15) is 22.9 Å². The van der Waals surface area contributed by atoms with Crippen molar-refractivity contribution >= 4 is 5.91 Å². The summed E-state index contributed by atoms with van der Waals surface area (Å²) in [5.74, 6) is 0.788. The van der Waals surface area contributed by atoms with Gasteiger partial charge in [-0.15, -0.1) is 0 Å². The Bertz CT molecular complexity index is 1170. The highest BCUT2D eigenvalue weighted by Crippen LogP contribution is 2.45. The summed E-state index contributed by atoms with van der Waals surface area (Å²) >= 11 is 0. The highest BCUT2D eigenvalue weighted by Gasteiger charge is 2.42. The smallest absolute Gasteiger partial charge is 0.273 e. The van der Waals surface area contributed by atoms with Crippen molar-refractivity contribution in [2.24, 2.45) is 0 Å². The third kappa shape index (κ3) is 4.33. The monoisotopic (exact) mass is 449 g/mol. The van der Waals surface area contributed by atoms with Gasteiger partial charge in [0, 0.05) is 24.3 Å². The van der Waals surface area contributed by atoms with Gasteiger partial charge in [-0.2, -0.15) is 5.10 Å². The Morgan fingerprint density at radius 3 is 2.73 bits per heavy atom. The number of methoxy groups -OCH3 is 1. The molecule has 0 spiro atoms. The highest BCUT2D eigenvalue weighted by molar-refractivity contribution is 6.00. The van der Waals surface area contributed by atoms with Crippen LogP contribution in [0.2, 0.25) is 0 Å². The van der Waals surface area contributed by atoms with Crippen LogP contribution in [-0.4, -0.2) is 52.5 Å². The zero-order chi connectivity index (χ0) is 23.7. The molecule has 0 saturated heterocycles. The van der Waals surface area contributed by atoms with Crippen LogP contribution in [0.1, 0.15) is 59.1 Å². The van der Waals surface area contributed by atoms with Crippen molar-refractivity contribution in [2.45, 2.75) is 46.3 Å². The van der Waals surface area contributed by atoms with Crippen LogP contribution >= 0.6 is 0 Å². The van der Waals surface area contributed by atoms with Gasteiger partial charge in [-0.1, -0.05) is 18.2 Å². The number of carbonyl (C=O) groups is 1. The summed E-state index contributed by atoms with van der Waals surface area (Å²) < 4.78 is 11.1. The van der Waals surface area contributed by atoms with Crippen LogP contribution in [0.4, 0.5) is 0 Å². The van der Waals surface area contributed by atoms with E-state index in [1.165, 1.54) is 0 Å². The molecule has 0 saturated carbocycles. The topological polar surface area (TPSA) is 87.7 Å². The Morgan fingerprint density at radius 2 is 2.00 bits per heavy atom. The number of rotatable bonds is 8. The third-order valence-electron chi connectivity index (χ3n) is 5.97. The van der Waals surface area contributed by atoms with Crippen LogP contribution in [0.25, 0.3) is 11.3 Å². The number of aromatic hydroxyl groups is 1. The number of hydrogen-bond donors (Lipinski definition) is 2. The lowest BCUT2D eigenvalue weighted by molar-refractivity contribution is 0.0601. The number of benzene rings is 2. The summed E-state index contributed by atoms with van der Waals surface area (Å²) in [6.45, 7) is 8.95. The molecule has 174 valence electrons. The van der Waals surface area contributed by atoms with E-state index in [4.69, 9.17) is 9.47 Å². The quantitative estimate of drug-likeness (QED) is 0.484. The van der Waals surface area contributed by atoms with Crippen molar-refractivity contribution in [3.63, 3.8) is 0 Å². The van der Waals surface area contributed by atoms with E-state index in [1.807, 2.05) is 69.0 Å². The first kappa shape index (κ1) is 22.9. The fourth-order valence-electron chi connectivity index (χ4n) is 4.49. The second-order valence-electron chi connectivity index (χ2n) is 8.79. The number of H-pyrrole nitrogens is 1. The van der Waals surface area contributed by atoms with E-state index < -0.39 is 0 Å². The van der Waals surface area contributed by atoms with Gasteiger partial charge in [0.05, 0.1) is 19.3 Å². The summed E-state index contributed by atoms with van der Waals surface area (Å²) in [6.07, 6.45) is 0.858. The molecule has 3 aromatic rings. The number of nitrogens with zero attached hydrogens (tertiary/aromatic N) is 2. The van der Waals surface area contributed by atoms with E-state index in [9.17, 15) is 9.90 Å². The number of aromatic nitrogens is 2. The fraction of sp³-hybridized carbons (Fsp3) is 0.385. The zero-order valence-corrected chi connectivity index (χ0v) is 19.8. The van der Waals surface area contributed by atoms with Crippen molar-refractivity contribution in [1.82, 2.24) is 15.1 Å². The van der Waals surface area contributed by atoms with Crippen molar-refractivity contribution in [1.29, 1.82) is 0 Å². The number of nitrogens with one attached hydrogen (secondary N) is 1. The molecular formula is C26H31N3O4. The van der Waals surface area contributed by atoms with Gasteiger partial charge in [0.25, 0.3) is 5.91 Å². The van der Waals surface area contributed by atoms with Crippen molar-refractivity contribution < 1.29 is 19.4 Å². The van der Waals surface area contributed by atoms with Gasteiger partial charge in [-0.05, 0) is 69.0 Å². The van der Waals surface area contributed by atoms with Crippen LogP contribution in [0.3, 0.4) is 0 Å². The van der Waals surface area contributed by atoms with Gasteiger partial charge < -0.3 is 19.5 Å². The number of aromatic amines is 1. The first-order valence-electron chi connectivity index (χ1n) is 11.3. The van der Waals surface area contributed by atoms with Gasteiger partial charge in [-0.25, -0.2) is 0 Å². The van der Waals surface area contributed by atoms with Crippen LogP contribution in [0.15, 0.2) is 36.4 Å². The molecule has 2 aromatic carbocycles. The van der Waals surface area contributed by atoms with Crippen LogP contribution in [0, 0.1) is 13.8 Å². The largest absolute Gasteiger partial charge is 0.507 e. The zero-order valence-electron chi connectivity index (χ0n) is 19.8. The Balaban J connectivity index is 1.81. The number of aryl methyl sites for hydroxylation is 2. The molecular weight excluding hydrogens is 418 g/mol. The van der Waals surface area contributed by atoms with Gasteiger partial charge in [0.2, 0.25) is 0 Å². The molecule has 1 aromatic heterocycles. The first-order chi connectivity index (χ1) is 15.8. The van der Waals surface area contributed by atoms with E-state index >= 15 is 0 Å². The van der Waals surface area contributed by atoms with E-state index in [0.29, 0.717) is 36.5 Å². The average molecular weight is 450 g/mol. The minimum absolute atomic E-state index is 0.106. The number of fused-ring (bicyclic) bond motifs is 1. The molecule has 1 atom stereocenters. The summed E-state index contributed by atoms with van der Waals surface area (Å²) in [6, 6.07) is 11.2. The number of phenols is 1. The highest BCUT2D eigenvalue weighted by atomic mass is 16.5. The Hall–Kier alpha value is -3.32. The van der Waals surface area contributed by atoms with Crippen molar-refractivity contribution in [3.8, 4) is 22.8 Å². The molecule has 1 aliphatic heterocycles. The van der Waals surface area contributed by atoms with Gasteiger partial charge in [-0.3, -0.25) is 9.89 Å². The number of amides is 1. The van der Waals surface area contributed by atoms with E-state index in [1.54, 1.807) is 7.11 Å². The molecule has 1 unspecified atom stereocenters. The van der Waals surface area contributed by atoms with Crippen molar-refractivity contribution in [2.75, 3.05) is 20.3 Å². The molecule has 0 aliphatic carbocycles. The van der Waals surface area contributed by atoms with Crippen molar-refractivity contribution in [3.05, 3.63) is 64.3 Å². The Kier molecular flexibility index (Phi) is 6.42. The molecule has 1 amide bonds. The predicted octanol–water partition coefficient (Wildman–Crippen LogP) is 4.77. The van der Waals surface area contributed by atoms with Crippen LogP contribution < -0.4 is 4.74 Å². The molecule has 0 radical (unpaired) electrons. The second kappa shape index (κ2) is 9.27. The lowest BCUT2D eigenvalue weighted by atomic mass is 9.94. The van der Waals surface area contributed by atoms with Crippen LogP contribution in [-0.2, 0) is 4.74 Å². The molecule has 2 heterocycles. The van der Waals surface area contributed by atoms with Gasteiger partial charge in [0.15, 0.2) is 0 Å². The number of hydrogen-bond acceptors (Lipinski definition) is 5. The minimum atomic E-state index is -0.351. The molecule has 33 heavy (non-hydrogen) atoms. The standard InChI is InChI=1S/C26H31N3O4/c1-15(2)33-11-7-10-29-24(18-8-6-9-19(14-18)32-5)21-22(27-28-23(21)26(29)31)20-13-16(3)12-17(4)25(20)30/h6,8-9,12-15,24,30H,7,10-11H2,1-5H3,(H,27,28). The summed E-state index contributed by atoms with van der Waals surface area (Å²) in [5, 5.41) is 18.3. The minimum Gasteiger partial charge on any atom is -0.507 e.